The molecule has 0 saturated carbocycles. The smallest absolute Gasteiger partial charge is 0.357 e. The monoisotopic (exact) mass is 328 g/mol. The van der Waals surface area contributed by atoms with Crippen LogP contribution in [0.3, 0.4) is 0 Å². The summed E-state index contributed by atoms with van der Waals surface area (Å²) in [5.74, 6) is 0.575. The van der Waals surface area contributed by atoms with Crippen LogP contribution in [0, 0.1) is 0 Å². The maximum Gasteiger partial charge on any atom is 0.357 e. The molecule has 3 heterocycles. The summed E-state index contributed by atoms with van der Waals surface area (Å²) < 4.78 is 16.9. The van der Waals surface area contributed by atoms with E-state index in [2.05, 4.69) is 15.0 Å². The lowest BCUT2D eigenvalue weighted by atomic mass is 10.3. The van der Waals surface area contributed by atoms with Crippen molar-refractivity contribution in [2.45, 2.75) is 6.42 Å². The number of hydrogen-bond acceptors (Lipinski definition) is 7. The highest BCUT2D eigenvalue weighted by atomic mass is 16.5. The lowest BCUT2D eigenvalue weighted by Gasteiger charge is -2.08. The van der Waals surface area contributed by atoms with Crippen LogP contribution in [0.25, 0.3) is 17.3 Å². The third-order valence-electron chi connectivity index (χ3n) is 3.25. The Morgan fingerprint density at radius 2 is 2.17 bits per heavy atom. The van der Waals surface area contributed by atoms with E-state index in [1.807, 2.05) is 6.07 Å². The van der Waals surface area contributed by atoms with Gasteiger partial charge in [0, 0.05) is 26.3 Å². The molecule has 8 heteroatoms. The molecular weight excluding hydrogens is 312 g/mol. The third kappa shape index (κ3) is 3.49. The van der Waals surface area contributed by atoms with E-state index in [0.29, 0.717) is 30.4 Å². The highest BCUT2D eigenvalue weighted by Gasteiger charge is 2.15. The summed E-state index contributed by atoms with van der Waals surface area (Å²) in [6.07, 6.45) is 8.28. The Morgan fingerprint density at radius 3 is 2.88 bits per heavy atom. The Labute approximate surface area is 138 Å². The fraction of sp³-hybridized carbons (Fsp3) is 0.250. The van der Waals surface area contributed by atoms with Gasteiger partial charge in [0.25, 0.3) is 0 Å². The lowest BCUT2D eigenvalue weighted by Crippen LogP contribution is -2.13. The number of hydrogen-bond donors (Lipinski definition) is 0. The predicted octanol–water partition coefficient (Wildman–Crippen LogP) is 2.12. The van der Waals surface area contributed by atoms with E-state index in [1.165, 1.54) is 18.8 Å². The van der Waals surface area contributed by atoms with Gasteiger partial charge in [-0.2, -0.15) is 0 Å². The number of esters is 1. The van der Waals surface area contributed by atoms with Crippen LogP contribution in [0.1, 0.15) is 16.9 Å². The first-order chi connectivity index (χ1) is 11.8. The average molecular weight is 328 g/mol. The standard InChI is InChI=1S/C16H16N4O4/c1-22-6-2-7-24-16(21)13-10-17-11-20(13)14-4-3-12(9-19-14)15-18-5-8-23-15/h3-5,8-11H,2,6-7H2,1H3. The van der Waals surface area contributed by atoms with Crippen molar-refractivity contribution in [1.82, 2.24) is 19.5 Å². The summed E-state index contributed by atoms with van der Waals surface area (Å²) in [5, 5.41) is 0. The second-order valence-electron chi connectivity index (χ2n) is 4.87. The number of carbonyl (C=O) groups is 1. The largest absolute Gasteiger partial charge is 0.461 e. The highest BCUT2D eigenvalue weighted by Crippen LogP contribution is 2.18. The number of pyridine rings is 1. The van der Waals surface area contributed by atoms with Gasteiger partial charge in [0.05, 0.1) is 24.6 Å². The van der Waals surface area contributed by atoms with Gasteiger partial charge < -0.3 is 13.9 Å². The lowest BCUT2D eigenvalue weighted by molar-refractivity contribution is 0.0459. The zero-order chi connectivity index (χ0) is 16.8. The van der Waals surface area contributed by atoms with E-state index in [4.69, 9.17) is 13.9 Å². The SMILES string of the molecule is COCCCOC(=O)c1cncn1-c1ccc(-c2ncco2)cn1. The number of ether oxygens (including phenoxy) is 2. The van der Waals surface area contributed by atoms with E-state index in [-0.39, 0.29) is 6.61 Å². The molecule has 0 radical (unpaired) electrons. The number of carbonyl (C=O) groups excluding carboxylic acids is 1. The van der Waals surface area contributed by atoms with E-state index in [9.17, 15) is 4.79 Å². The number of imidazole rings is 1. The van der Waals surface area contributed by atoms with E-state index in [0.717, 1.165) is 5.56 Å². The Hall–Kier alpha value is -3.00. The van der Waals surface area contributed by atoms with Gasteiger partial charge in [-0.1, -0.05) is 0 Å². The number of rotatable bonds is 7. The van der Waals surface area contributed by atoms with Gasteiger partial charge in [-0.3, -0.25) is 4.57 Å². The molecule has 3 aromatic heterocycles. The predicted molar refractivity (Wildman–Crippen MR) is 83.6 cm³/mol. The van der Waals surface area contributed by atoms with Crippen molar-refractivity contribution < 1.29 is 18.7 Å². The molecule has 0 aliphatic heterocycles. The Balaban J connectivity index is 1.74. The molecule has 0 unspecified atom stereocenters. The number of oxazole rings is 1. The van der Waals surface area contributed by atoms with Crippen molar-refractivity contribution in [3.8, 4) is 17.3 Å². The van der Waals surface area contributed by atoms with Crippen LogP contribution < -0.4 is 0 Å². The molecule has 0 spiro atoms. The second-order valence-corrected chi connectivity index (χ2v) is 4.87. The molecule has 0 bridgehead atoms. The summed E-state index contributed by atoms with van der Waals surface area (Å²) in [6, 6.07) is 3.56. The van der Waals surface area contributed by atoms with Crippen LogP contribution in [-0.2, 0) is 9.47 Å². The average Bonchev–Trinajstić information content (AvgIpc) is 3.30. The molecule has 0 fully saturated rings. The summed E-state index contributed by atoms with van der Waals surface area (Å²) in [5.41, 5.74) is 1.05. The molecule has 24 heavy (non-hydrogen) atoms. The molecule has 8 nitrogen and oxygen atoms in total. The number of methoxy groups -OCH3 is 1. The van der Waals surface area contributed by atoms with Crippen LogP contribution in [0.5, 0.6) is 0 Å². The molecule has 0 N–H and O–H groups in total. The van der Waals surface area contributed by atoms with Crippen molar-refractivity contribution in [1.29, 1.82) is 0 Å². The highest BCUT2D eigenvalue weighted by molar-refractivity contribution is 5.88. The molecule has 0 aromatic carbocycles. The van der Waals surface area contributed by atoms with Gasteiger partial charge in [0.1, 0.15) is 18.4 Å². The van der Waals surface area contributed by atoms with E-state index < -0.39 is 5.97 Å². The zero-order valence-electron chi connectivity index (χ0n) is 13.1. The molecule has 0 aliphatic rings. The summed E-state index contributed by atoms with van der Waals surface area (Å²) in [7, 11) is 1.60. The molecule has 0 amide bonds. The van der Waals surface area contributed by atoms with Crippen LogP contribution in [0.2, 0.25) is 0 Å². The molecule has 3 rings (SSSR count). The quantitative estimate of drug-likeness (QED) is 0.484. The van der Waals surface area contributed by atoms with Crippen molar-refractivity contribution >= 4 is 5.97 Å². The van der Waals surface area contributed by atoms with E-state index >= 15 is 0 Å². The van der Waals surface area contributed by atoms with Crippen LogP contribution >= 0.6 is 0 Å². The maximum atomic E-state index is 12.1. The van der Waals surface area contributed by atoms with Crippen LogP contribution in [0.4, 0.5) is 0 Å². The fourth-order valence-electron chi connectivity index (χ4n) is 2.09. The van der Waals surface area contributed by atoms with Gasteiger partial charge in [-0.15, -0.1) is 0 Å². The third-order valence-corrected chi connectivity index (χ3v) is 3.25. The first-order valence-electron chi connectivity index (χ1n) is 7.34. The number of aromatic nitrogens is 4. The van der Waals surface area contributed by atoms with Gasteiger partial charge in [-0.05, 0) is 12.1 Å². The Bertz CT molecular complexity index is 781. The number of nitrogens with zero attached hydrogens (tertiary/aromatic N) is 4. The van der Waals surface area contributed by atoms with Gasteiger partial charge >= 0.3 is 5.97 Å². The minimum atomic E-state index is -0.456. The summed E-state index contributed by atoms with van der Waals surface area (Å²) >= 11 is 0. The Morgan fingerprint density at radius 1 is 1.25 bits per heavy atom. The minimum absolute atomic E-state index is 0.286. The van der Waals surface area contributed by atoms with E-state index in [1.54, 1.807) is 30.1 Å². The van der Waals surface area contributed by atoms with Crippen LogP contribution in [0.15, 0.2) is 47.7 Å². The molecule has 124 valence electrons. The second kappa shape index (κ2) is 7.51. The van der Waals surface area contributed by atoms with Crippen molar-refractivity contribution in [2.24, 2.45) is 0 Å². The first-order valence-corrected chi connectivity index (χ1v) is 7.34. The molecule has 3 aromatic rings. The van der Waals surface area contributed by atoms with Gasteiger partial charge in [0.15, 0.2) is 5.69 Å². The first kappa shape index (κ1) is 15.9. The zero-order valence-corrected chi connectivity index (χ0v) is 13.1. The normalized spacial score (nSPS) is 10.7. The minimum Gasteiger partial charge on any atom is -0.461 e. The van der Waals surface area contributed by atoms with Gasteiger partial charge in [0.2, 0.25) is 5.89 Å². The Kier molecular flexibility index (Phi) is 4.97. The molecule has 0 atom stereocenters. The topological polar surface area (TPSA) is 92.3 Å². The molecular formula is C16H16N4O4. The van der Waals surface area contributed by atoms with Crippen LogP contribution in [-0.4, -0.2) is 45.8 Å². The van der Waals surface area contributed by atoms with Crippen molar-refractivity contribution in [3.05, 3.63) is 49.0 Å². The van der Waals surface area contributed by atoms with Crippen molar-refractivity contribution in [3.63, 3.8) is 0 Å². The van der Waals surface area contributed by atoms with Gasteiger partial charge in [-0.25, -0.2) is 19.7 Å². The fourth-order valence-corrected chi connectivity index (χ4v) is 2.09. The molecule has 0 aliphatic carbocycles. The summed E-state index contributed by atoms with van der Waals surface area (Å²) in [4.78, 5) is 24.5. The molecule has 0 saturated heterocycles. The van der Waals surface area contributed by atoms with Crippen molar-refractivity contribution in [2.75, 3.05) is 20.3 Å². The summed E-state index contributed by atoms with van der Waals surface area (Å²) in [6.45, 7) is 0.824. The maximum absolute atomic E-state index is 12.1.